The first-order chi connectivity index (χ1) is 12.8. The van der Waals surface area contributed by atoms with E-state index in [1.807, 2.05) is 13.0 Å². The lowest BCUT2D eigenvalue weighted by Gasteiger charge is -2.34. The maximum absolute atomic E-state index is 11.8. The smallest absolute Gasteiger partial charge is 0.409 e. The van der Waals surface area contributed by atoms with E-state index in [1.165, 1.54) is 25.7 Å². The minimum Gasteiger partial charge on any atom is -0.450 e. The average molecular weight is 359 g/mol. The van der Waals surface area contributed by atoms with Gasteiger partial charge in [0.25, 0.3) is 0 Å². The van der Waals surface area contributed by atoms with E-state index in [1.54, 1.807) is 16.7 Å². The van der Waals surface area contributed by atoms with Crippen LogP contribution in [0, 0.1) is 0 Å². The van der Waals surface area contributed by atoms with Crippen LogP contribution in [-0.2, 0) is 4.74 Å². The van der Waals surface area contributed by atoms with Gasteiger partial charge in [0.1, 0.15) is 5.82 Å². The largest absolute Gasteiger partial charge is 0.450 e. The van der Waals surface area contributed by atoms with Crippen LogP contribution in [-0.4, -0.2) is 60.3 Å². The minimum atomic E-state index is -0.236. The number of amides is 1. The summed E-state index contributed by atoms with van der Waals surface area (Å²) < 4.78 is 5.06. The van der Waals surface area contributed by atoms with E-state index in [2.05, 4.69) is 26.3 Å². The summed E-state index contributed by atoms with van der Waals surface area (Å²) in [6.45, 7) is 5.84. The van der Waals surface area contributed by atoms with Gasteiger partial charge < -0.3 is 19.9 Å². The van der Waals surface area contributed by atoms with Crippen molar-refractivity contribution in [3.63, 3.8) is 0 Å². The lowest BCUT2D eigenvalue weighted by molar-refractivity contribution is 0.105. The van der Waals surface area contributed by atoms with Crippen molar-refractivity contribution in [1.29, 1.82) is 0 Å². The number of piperazine rings is 1. The molecular weight excluding hydrogens is 330 g/mol. The van der Waals surface area contributed by atoms with Crippen LogP contribution >= 0.6 is 0 Å². The molecular formula is C19H29N5O2. The van der Waals surface area contributed by atoms with Crippen LogP contribution in [0.15, 0.2) is 23.9 Å². The number of carbonyl (C=O) groups is 1. The highest BCUT2D eigenvalue weighted by Crippen LogP contribution is 2.20. The summed E-state index contributed by atoms with van der Waals surface area (Å²) in [7, 11) is 0. The Bertz CT molecular complexity index is 626. The predicted molar refractivity (Wildman–Crippen MR) is 102 cm³/mol. The van der Waals surface area contributed by atoms with Crippen LogP contribution in [0.4, 0.5) is 16.6 Å². The molecule has 26 heavy (non-hydrogen) atoms. The number of aromatic nitrogens is 2. The molecule has 1 aliphatic heterocycles. The van der Waals surface area contributed by atoms with Gasteiger partial charge in [0, 0.05) is 38.9 Å². The quantitative estimate of drug-likeness (QED) is 0.787. The molecule has 3 rings (SSSR count). The third-order valence-corrected chi connectivity index (χ3v) is 4.87. The van der Waals surface area contributed by atoms with Gasteiger partial charge in [-0.1, -0.05) is 11.6 Å². The molecule has 0 saturated carbocycles. The highest BCUT2D eigenvalue weighted by atomic mass is 16.6. The van der Waals surface area contributed by atoms with Crippen molar-refractivity contribution in [3.8, 4) is 0 Å². The van der Waals surface area contributed by atoms with Crippen LogP contribution in [0.2, 0.25) is 0 Å². The first-order valence-electron chi connectivity index (χ1n) is 9.67. The molecule has 1 amide bonds. The summed E-state index contributed by atoms with van der Waals surface area (Å²) in [5.74, 6) is 1.58. The molecule has 0 unspecified atom stereocenters. The number of anilines is 2. The van der Waals surface area contributed by atoms with Crippen molar-refractivity contribution in [3.05, 3.63) is 23.9 Å². The third kappa shape index (κ3) is 5.09. The number of nitrogens with zero attached hydrogens (tertiary/aromatic N) is 4. The lowest BCUT2D eigenvalue weighted by Crippen LogP contribution is -2.49. The molecule has 2 heterocycles. The van der Waals surface area contributed by atoms with Gasteiger partial charge in [-0.15, -0.1) is 0 Å². The highest BCUT2D eigenvalue weighted by Gasteiger charge is 2.23. The molecule has 1 aromatic rings. The molecule has 0 aromatic carbocycles. The summed E-state index contributed by atoms with van der Waals surface area (Å²) in [4.78, 5) is 24.7. The van der Waals surface area contributed by atoms with E-state index < -0.39 is 0 Å². The zero-order valence-electron chi connectivity index (χ0n) is 15.6. The summed E-state index contributed by atoms with van der Waals surface area (Å²) in [6, 6.07) is 1.91. The first kappa shape index (κ1) is 18.5. The molecule has 2 aliphatic rings. The number of hydrogen-bond acceptors (Lipinski definition) is 6. The van der Waals surface area contributed by atoms with Crippen LogP contribution < -0.4 is 10.2 Å². The molecule has 1 aromatic heterocycles. The molecule has 0 atom stereocenters. The summed E-state index contributed by atoms with van der Waals surface area (Å²) in [5, 5.41) is 3.41. The van der Waals surface area contributed by atoms with Crippen molar-refractivity contribution >= 4 is 17.9 Å². The van der Waals surface area contributed by atoms with Gasteiger partial charge >= 0.3 is 6.09 Å². The second kappa shape index (κ2) is 9.40. The van der Waals surface area contributed by atoms with E-state index in [0.717, 1.165) is 37.8 Å². The fourth-order valence-corrected chi connectivity index (χ4v) is 3.39. The molecule has 0 bridgehead atoms. The standard InChI is InChI=1S/C19H29N5O2/c1-2-26-19(25)24-14-12-23(13-15-24)18-21-11-9-17(22-18)20-10-8-16-6-4-3-5-7-16/h6,9,11H,2-5,7-8,10,12-15H2,1H3,(H,20,21,22). The molecule has 7 nitrogen and oxygen atoms in total. The Labute approximate surface area is 155 Å². The number of rotatable bonds is 6. The van der Waals surface area contributed by atoms with Crippen molar-refractivity contribution < 1.29 is 9.53 Å². The third-order valence-electron chi connectivity index (χ3n) is 4.87. The molecule has 0 radical (unpaired) electrons. The first-order valence-corrected chi connectivity index (χ1v) is 9.67. The Morgan fingerprint density at radius 2 is 2.12 bits per heavy atom. The monoisotopic (exact) mass is 359 g/mol. The van der Waals surface area contributed by atoms with Crippen LogP contribution in [0.25, 0.3) is 0 Å². The Kier molecular flexibility index (Phi) is 6.68. The highest BCUT2D eigenvalue weighted by molar-refractivity contribution is 5.68. The molecule has 0 spiro atoms. The number of allylic oxidation sites excluding steroid dienone is 1. The van der Waals surface area contributed by atoms with Crippen molar-refractivity contribution in [2.45, 2.75) is 39.0 Å². The second-order valence-electron chi connectivity index (χ2n) is 6.70. The number of ether oxygens (including phenoxy) is 1. The maximum atomic E-state index is 11.8. The SMILES string of the molecule is CCOC(=O)N1CCN(c2nccc(NCCC3=CCCCC3)n2)CC1. The van der Waals surface area contributed by atoms with Gasteiger partial charge in [0.05, 0.1) is 6.61 Å². The van der Waals surface area contributed by atoms with E-state index in [9.17, 15) is 4.79 Å². The van der Waals surface area contributed by atoms with E-state index in [0.29, 0.717) is 19.7 Å². The second-order valence-corrected chi connectivity index (χ2v) is 6.70. The van der Waals surface area contributed by atoms with Crippen LogP contribution in [0.1, 0.15) is 39.0 Å². The van der Waals surface area contributed by atoms with Crippen molar-refractivity contribution in [1.82, 2.24) is 14.9 Å². The van der Waals surface area contributed by atoms with E-state index in [-0.39, 0.29) is 6.09 Å². The normalized spacial score (nSPS) is 17.7. The van der Waals surface area contributed by atoms with Crippen molar-refractivity contribution in [2.75, 3.05) is 49.5 Å². The fourth-order valence-electron chi connectivity index (χ4n) is 3.39. The zero-order chi connectivity index (χ0) is 18.2. The summed E-state index contributed by atoms with van der Waals surface area (Å²) >= 11 is 0. The summed E-state index contributed by atoms with van der Waals surface area (Å²) in [6.07, 6.45) is 10.1. The molecule has 7 heteroatoms. The van der Waals surface area contributed by atoms with Gasteiger partial charge in [0.2, 0.25) is 5.95 Å². The lowest BCUT2D eigenvalue weighted by atomic mass is 9.97. The molecule has 1 saturated heterocycles. The minimum absolute atomic E-state index is 0.236. The Balaban J connectivity index is 1.48. The predicted octanol–water partition coefficient (Wildman–Crippen LogP) is 3.06. The zero-order valence-corrected chi connectivity index (χ0v) is 15.6. The maximum Gasteiger partial charge on any atom is 0.409 e. The summed E-state index contributed by atoms with van der Waals surface area (Å²) in [5.41, 5.74) is 1.56. The fraction of sp³-hybridized carbons (Fsp3) is 0.632. The molecule has 1 fully saturated rings. The van der Waals surface area contributed by atoms with Crippen LogP contribution in [0.5, 0.6) is 0 Å². The number of hydrogen-bond donors (Lipinski definition) is 1. The van der Waals surface area contributed by atoms with Crippen molar-refractivity contribution in [2.24, 2.45) is 0 Å². The molecule has 1 aliphatic carbocycles. The van der Waals surface area contributed by atoms with Crippen LogP contribution in [0.3, 0.4) is 0 Å². The Morgan fingerprint density at radius 3 is 2.85 bits per heavy atom. The van der Waals surface area contributed by atoms with Gasteiger partial charge in [0.15, 0.2) is 0 Å². The Morgan fingerprint density at radius 1 is 1.27 bits per heavy atom. The average Bonchev–Trinajstić information content (AvgIpc) is 2.69. The van der Waals surface area contributed by atoms with Gasteiger partial charge in [-0.2, -0.15) is 4.98 Å². The Hall–Kier alpha value is -2.31. The topological polar surface area (TPSA) is 70.6 Å². The van der Waals surface area contributed by atoms with E-state index >= 15 is 0 Å². The molecule has 1 N–H and O–H groups in total. The van der Waals surface area contributed by atoms with Gasteiger partial charge in [-0.05, 0) is 45.1 Å². The number of nitrogens with one attached hydrogen (secondary N) is 1. The van der Waals surface area contributed by atoms with Gasteiger partial charge in [-0.25, -0.2) is 9.78 Å². The molecule has 142 valence electrons. The van der Waals surface area contributed by atoms with Gasteiger partial charge in [-0.3, -0.25) is 0 Å². The van der Waals surface area contributed by atoms with E-state index in [4.69, 9.17) is 4.74 Å². The number of carbonyl (C=O) groups excluding carboxylic acids is 1.